The van der Waals surface area contributed by atoms with E-state index in [-0.39, 0.29) is 34.8 Å². The summed E-state index contributed by atoms with van der Waals surface area (Å²) in [6, 6.07) is 4.64. The van der Waals surface area contributed by atoms with E-state index >= 15 is 0 Å². The molecule has 0 aliphatic rings. The van der Waals surface area contributed by atoms with Crippen LogP contribution in [0.3, 0.4) is 0 Å². The number of carbonyl (C=O) groups excluding carboxylic acids is 2. The number of esters is 1. The van der Waals surface area contributed by atoms with E-state index in [1.807, 2.05) is 13.8 Å². The molecule has 0 saturated carbocycles. The Bertz CT molecular complexity index is 461. The van der Waals surface area contributed by atoms with Crippen LogP contribution in [-0.2, 0) is 9.53 Å². The number of benzene rings is 1. The Morgan fingerprint density at radius 2 is 2.11 bits per heavy atom. The van der Waals surface area contributed by atoms with Crippen LogP contribution in [0.15, 0.2) is 18.2 Å². The van der Waals surface area contributed by atoms with Crippen LogP contribution >= 0.6 is 11.6 Å². The average molecular weight is 271 g/mol. The predicted octanol–water partition coefficient (Wildman–Crippen LogP) is 1.60. The third kappa shape index (κ3) is 3.92. The zero-order valence-electron chi connectivity index (χ0n) is 10.2. The lowest BCUT2D eigenvalue weighted by atomic mass is 10.2. The van der Waals surface area contributed by atoms with Crippen molar-refractivity contribution in [3.05, 3.63) is 28.8 Å². The summed E-state index contributed by atoms with van der Waals surface area (Å²) >= 11 is 5.78. The van der Waals surface area contributed by atoms with E-state index in [1.54, 1.807) is 12.1 Å². The van der Waals surface area contributed by atoms with E-state index in [0.29, 0.717) is 0 Å². The lowest BCUT2D eigenvalue weighted by molar-refractivity contribution is -0.124. The first-order valence-electron chi connectivity index (χ1n) is 5.42. The summed E-state index contributed by atoms with van der Waals surface area (Å²) in [4.78, 5) is 23.0. The van der Waals surface area contributed by atoms with Crippen LogP contribution in [0.4, 0.5) is 5.69 Å². The number of nitrogen functional groups attached to an aromatic ring is 1. The van der Waals surface area contributed by atoms with E-state index in [9.17, 15) is 9.59 Å². The number of hydrogen-bond donors (Lipinski definition) is 2. The predicted molar refractivity (Wildman–Crippen MR) is 69.4 cm³/mol. The first-order valence-corrected chi connectivity index (χ1v) is 5.80. The lowest BCUT2D eigenvalue weighted by Crippen LogP contribution is -2.34. The molecule has 5 nitrogen and oxygen atoms in total. The van der Waals surface area contributed by atoms with Gasteiger partial charge < -0.3 is 15.8 Å². The van der Waals surface area contributed by atoms with Crippen LogP contribution in [0, 0.1) is 0 Å². The molecular weight excluding hydrogens is 256 g/mol. The quantitative estimate of drug-likeness (QED) is 0.643. The minimum Gasteiger partial charge on any atom is -0.452 e. The molecule has 0 aromatic heterocycles. The number of rotatable bonds is 4. The molecule has 0 heterocycles. The molecule has 0 radical (unpaired) electrons. The van der Waals surface area contributed by atoms with Gasteiger partial charge in [-0.3, -0.25) is 4.79 Å². The van der Waals surface area contributed by atoms with Crippen LogP contribution in [0.25, 0.3) is 0 Å². The molecule has 1 aromatic rings. The van der Waals surface area contributed by atoms with Gasteiger partial charge in [0.05, 0.1) is 16.3 Å². The number of hydrogen-bond acceptors (Lipinski definition) is 4. The Balaban J connectivity index is 2.61. The van der Waals surface area contributed by atoms with Crippen LogP contribution < -0.4 is 11.1 Å². The van der Waals surface area contributed by atoms with Crippen molar-refractivity contribution < 1.29 is 14.3 Å². The van der Waals surface area contributed by atoms with Gasteiger partial charge in [-0.1, -0.05) is 17.7 Å². The molecule has 18 heavy (non-hydrogen) atoms. The van der Waals surface area contributed by atoms with E-state index in [4.69, 9.17) is 22.1 Å². The van der Waals surface area contributed by atoms with Crippen LogP contribution in [0.1, 0.15) is 24.2 Å². The largest absolute Gasteiger partial charge is 0.452 e. The molecule has 3 N–H and O–H groups in total. The Morgan fingerprint density at radius 3 is 2.72 bits per heavy atom. The van der Waals surface area contributed by atoms with Gasteiger partial charge in [0.2, 0.25) is 0 Å². The number of para-hydroxylation sites is 1. The molecule has 98 valence electrons. The summed E-state index contributed by atoms with van der Waals surface area (Å²) in [5.41, 5.74) is 5.94. The highest BCUT2D eigenvalue weighted by Crippen LogP contribution is 2.22. The van der Waals surface area contributed by atoms with Gasteiger partial charge >= 0.3 is 5.97 Å². The van der Waals surface area contributed by atoms with Crippen molar-refractivity contribution in [3.63, 3.8) is 0 Å². The highest BCUT2D eigenvalue weighted by Gasteiger charge is 2.14. The monoisotopic (exact) mass is 270 g/mol. The van der Waals surface area contributed by atoms with Crippen LogP contribution in [0.2, 0.25) is 5.02 Å². The highest BCUT2D eigenvalue weighted by molar-refractivity contribution is 6.33. The molecule has 0 unspecified atom stereocenters. The van der Waals surface area contributed by atoms with E-state index < -0.39 is 5.97 Å². The number of amides is 1. The van der Waals surface area contributed by atoms with Crippen molar-refractivity contribution in [3.8, 4) is 0 Å². The van der Waals surface area contributed by atoms with Gasteiger partial charge in [-0.25, -0.2) is 4.79 Å². The van der Waals surface area contributed by atoms with E-state index in [1.165, 1.54) is 6.07 Å². The Labute approximate surface area is 110 Å². The molecule has 6 heteroatoms. The number of carbonyl (C=O) groups is 2. The smallest absolute Gasteiger partial charge is 0.340 e. The maximum absolute atomic E-state index is 11.7. The van der Waals surface area contributed by atoms with Crippen molar-refractivity contribution in [2.75, 3.05) is 12.3 Å². The van der Waals surface area contributed by atoms with Crippen molar-refractivity contribution in [2.45, 2.75) is 19.9 Å². The molecular formula is C12H15ClN2O3. The molecule has 0 aliphatic heterocycles. The molecule has 1 amide bonds. The van der Waals surface area contributed by atoms with E-state index in [2.05, 4.69) is 5.32 Å². The van der Waals surface area contributed by atoms with Gasteiger partial charge in [-0.05, 0) is 26.0 Å². The summed E-state index contributed by atoms with van der Waals surface area (Å²) in [6.45, 7) is 3.28. The van der Waals surface area contributed by atoms with E-state index in [0.717, 1.165) is 0 Å². The number of halogens is 1. The Hall–Kier alpha value is -1.75. The molecule has 0 bridgehead atoms. The normalized spacial score (nSPS) is 10.2. The molecule has 1 rings (SSSR count). The summed E-state index contributed by atoms with van der Waals surface area (Å²) in [7, 11) is 0. The van der Waals surface area contributed by atoms with Crippen molar-refractivity contribution in [1.29, 1.82) is 0 Å². The second kappa shape index (κ2) is 6.26. The SMILES string of the molecule is CC(C)NC(=O)COC(=O)c1cccc(Cl)c1N. The van der Waals surface area contributed by atoms with Crippen molar-refractivity contribution in [1.82, 2.24) is 5.32 Å². The second-order valence-electron chi connectivity index (χ2n) is 4.00. The Kier molecular flexibility index (Phi) is 4.97. The third-order valence-electron chi connectivity index (χ3n) is 2.06. The fourth-order valence-electron chi connectivity index (χ4n) is 1.29. The molecule has 0 spiro atoms. The summed E-state index contributed by atoms with van der Waals surface area (Å²) in [6.07, 6.45) is 0. The molecule has 0 aliphatic carbocycles. The number of ether oxygens (including phenoxy) is 1. The van der Waals surface area contributed by atoms with Crippen molar-refractivity contribution in [2.24, 2.45) is 0 Å². The maximum Gasteiger partial charge on any atom is 0.340 e. The topological polar surface area (TPSA) is 81.4 Å². The number of nitrogens with one attached hydrogen (secondary N) is 1. The third-order valence-corrected chi connectivity index (χ3v) is 2.39. The van der Waals surface area contributed by atoms with Gasteiger partial charge in [0.1, 0.15) is 0 Å². The zero-order valence-corrected chi connectivity index (χ0v) is 11.0. The Morgan fingerprint density at radius 1 is 1.44 bits per heavy atom. The molecule has 0 atom stereocenters. The summed E-state index contributed by atoms with van der Waals surface area (Å²) in [5.74, 6) is -1.03. The fourth-order valence-corrected chi connectivity index (χ4v) is 1.46. The minimum absolute atomic E-state index is 0.00700. The van der Waals surface area contributed by atoms with Gasteiger partial charge in [0.15, 0.2) is 6.61 Å². The summed E-state index contributed by atoms with van der Waals surface area (Å²) < 4.78 is 4.84. The number of anilines is 1. The fraction of sp³-hybridized carbons (Fsp3) is 0.333. The standard InChI is InChI=1S/C12H15ClN2O3/c1-7(2)15-10(16)6-18-12(17)8-4-3-5-9(13)11(8)14/h3-5,7H,6,14H2,1-2H3,(H,15,16). The zero-order chi connectivity index (χ0) is 13.7. The average Bonchev–Trinajstić information content (AvgIpc) is 2.29. The first kappa shape index (κ1) is 14.3. The summed E-state index contributed by atoms with van der Waals surface area (Å²) in [5, 5.41) is 2.88. The lowest BCUT2D eigenvalue weighted by Gasteiger charge is -2.10. The van der Waals surface area contributed by atoms with Crippen LogP contribution in [-0.4, -0.2) is 24.5 Å². The first-order chi connectivity index (χ1) is 8.41. The highest BCUT2D eigenvalue weighted by atomic mass is 35.5. The molecule has 1 aromatic carbocycles. The van der Waals surface area contributed by atoms with Gasteiger partial charge in [0, 0.05) is 6.04 Å². The van der Waals surface area contributed by atoms with Crippen molar-refractivity contribution >= 4 is 29.2 Å². The van der Waals surface area contributed by atoms with Gasteiger partial charge in [-0.2, -0.15) is 0 Å². The number of nitrogens with two attached hydrogens (primary N) is 1. The minimum atomic E-state index is -0.672. The molecule has 0 fully saturated rings. The van der Waals surface area contributed by atoms with Crippen LogP contribution in [0.5, 0.6) is 0 Å². The van der Waals surface area contributed by atoms with Gasteiger partial charge in [0.25, 0.3) is 5.91 Å². The maximum atomic E-state index is 11.7. The second-order valence-corrected chi connectivity index (χ2v) is 4.41. The molecule has 0 saturated heterocycles. The van der Waals surface area contributed by atoms with Gasteiger partial charge in [-0.15, -0.1) is 0 Å².